The summed E-state index contributed by atoms with van der Waals surface area (Å²) in [6, 6.07) is 8.25. The van der Waals surface area contributed by atoms with E-state index in [1.54, 1.807) is 23.1 Å². The van der Waals surface area contributed by atoms with E-state index in [4.69, 9.17) is 10.00 Å². The Kier molecular flexibility index (Phi) is 5.90. The van der Waals surface area contributed by atoms with Gasteiger partial charge < -0.3 is 15.0 Å². The summed E-state index contributed by atoms with van der Waals surface area (Å²) < 4.78 is 4.97. The van der Waals surface area contributed by atoms with E-state index in [2.05, 4.69) is 5.32 Å². The number of nitriles is 1. The van der Waals surface area contributed by atoms with Gasteiger partial charge in [-0.1, -0.05) is 6.07 Å². The van der Waals surface area contributed by atoms with Crippen LogP contribution < -0.4 is 10.1 Å². The van der Waals surface area contributed by atoms with Crippen molar-refractivity contribution in [3.8, 4) is 11.8 Å². The number of hydrogen-bond donors (Lipinski definition) is 1. The van der Waals surface area contributed by atoms with E-state index >= 15 is 0 Å². The molecule has 1 fully saturated rings. The van der Waals surface area contributed by atoms with Crippen LogP contribution in [0.4, 0.5) is 0 Å². The maximum absolute atomic E-state index is 12.3. The van der Waals surface area contributed by atoms with Crippen LogP contribution in [0.2, 0.25) is 0 Å². The van der Waals surface area contributed by atoms with Crippen LogP contribution in [-0.4, -0.2) is 41.8 Å². The van der Waals surface area contributed by atoms with Gasteiger partial charge in [-0.05, 0) is 31.0 Å². The Labute approximate surface area is 140 Å². The summed E-state index contributed by atoms with van der Waals surface area (Å²) in [4.78, 5) is 36.6. The highest BCUT2D eigenvalue weighted by Gasteiger charge is 2.24. The van der Waals surface area contributed by atoms with Crippen LogP contribution in [0.25, 0.3) is 0 Å². The number of carbonyl (C=O) groups excluding carboxylic acids is 3. The van der Waals surface area contributed by atoms with Crippen LogP contribution in [0.3, 0.4) is 0 Å². The molecule has 1 aliphatic rings. The first-order valence-electron chi connectivity index (χ1n) is 7.73. The summed E-state index contributed by atoms with van der Waals surface area (Å²) in [6.45, 7) is 2.35. The van der Waals surface area contributed by atoms with Gasteiger partial charge in [-0.25, -0.2) is 0 Å². The molecule has 1 aromatic carbocycles. The molecule has 1 N–H and O–H groups in total. The van der Waals surface area contributed by atoms with E-state index in [1.807, 2.05) is 6.07 Å². The van der Waals surface area contributed by atoms with Crippen molar-refractivity contribution in [1.82, 2.24) is 10.2 Å². The molecular formula is C17H19N3O4. The molecular weight excluding hydrogens is 310 g/mol. The highest BCUT2D eigenvalue weighted by Crippen LogP contribution is 2.16. The van der Waals surface area contributed by atoms with Crippen molar-refractivity contribution in [2.45, 2.75) is 32.2 Å². The third-order valence-electron chi connectivity index (χ3n) is 3.77. The first-order chi connectivity index (χ1) is 11.5. The Hall–Kier alpha value is -2.88. The summed E-state index contributed by atoms with van der Waals surface area (Å²) in [5.74, 6) is -0.531. The first-order valence-corrected chi connectivity index (χ1v) is 7.73. The lowest BCUT2D eigenvalue weighted by Gasteiger charge is -2.32. The van der Waals surface area contributed by atoms with Gasteiger partial charge in [0.2, 0.25) is 5.91 Å². The fourth-order valence-electron chi connectivity index (χ4n) is 2.59. The summed E-state index contributed by atoms with van der Waals surface area (Å²) >= 11 is 0. The lowest BCUT2D eigenvalue weighted by molar-refractivity contribution is -0.132. The minimum absolute atomic E-state index is 0.0268. The molecule has 0 atom stereocenters. The van der Waals surface area contributed by atoms with Crippen LogP contribution in [0.5, 0.6) is 5.75 Å². The predicted molar refractivity (Wildman–Crippen MR) is 85.0 cm³/mol. The molecule has 1 heterocycles. The number of esters is 1. The first kappa shape index (κ1) is 17.5. The van der Waals surface area contributed by atoms with Crippen molar-refractivity contribution in [3.63, 3.8) is 0 Å². The number of likely N-dealkylation sites (tertiary alicyclic amines) is 1. The van der Waals surface area contributed by atoms with Crippen molar-refractivity contribution in [2.24, 2.45) is 0 Å². The molecule has 2 rings (SSSR count). The average Bonchev–Trinajstić information content (AvgIpc) is 2.55. The number of nitrogens with zero attached hydrogens (tertiary/aromatic N) is 2. The Bertz CT molecular complexity index is 673. The van der Waals surface area contributed by atoms with Crippen molar-refractivity contribution < 1.29 is 19.1 Å². The lowest BCUT2D eigenvalue weighted by atomic mass is 10.0. The van der Waals surface area contributed by atoms with E-state index in [0.717, 1.165) is 0 Å². The second-order valence-corrected chi connectivity index (χ2v) is 5.58. The summed E-state index contributed by atoms with van der Waals surface area (Å²) in [5, 5.41) is 11.5. The number of hydrogen-bond acceptors (Lipinski definition) is 5. The van der Waals surface area contributed by atoms with Crippen molar-refractivity contribution in [3.05, 3.63) is 29.8 Å². The largest absolute Gasteiger partial charge is 0.427 e. The molecule has 0 bridgehead atoms. The Balaban J connectivity index is 1.89. The predicted octanol–water partition coefficient (Wildman–Crippen LogP) is 1.25. The fourth-order valence-corrected chi connectivity index (χ4v) is 2.59. The van der Waals surface area contributed by atoms with Gasteiger partial charge in [0.25, 0.3) is 5.91 Å². The maximum Gasteiger partial charge on any atom is 0.308 e. The molecule has 0 spiro atoms. The normalized spacial score (nSPS) is 14.6. The molecule has 2 amide bonds. The Morgan fingerprint density at radius 3 is 2.67 bits per heavy atom. The van der Waals surface area contributed by atoms with E-state index in [-0.39, 0.29) is 24.3 Å². The van der Waals surface area contributed by atoms with Gasteiger partial charge in [-0.3, -0.25) is 14.4 Å². The zero-order valence-electron chi connectivity index (χ0n) is 13.4. The smallest absolute Gasteiger partial charge is 0.308 e. The van der Waals surface area contributed by atoms with Crippen LogP contribution in [0.15, 0.2) is 24.3 Å². The minimum Gasteiger partial charge on any atom is -0.427 e. The van der Waals surface area contributed by atoms with Gasteiger partial charge in [0.05, 0.1) is 6.07 Å². The monoisotopic (exact) mass is 329 g/mol. The molecule has 0 aromatic heterocycles. The number of ether oxygens (including phenoxy) is 1. The summed E-state index contributed by atoms with van der Waals surface area (Å²) in [7, 11) is 0. The highest BCUT2D eigenvalue weighted by atomic mass is 16.5. The molecule has 24 heavy (non-hydrogen) atoms. The molecule has 7 nitrogen and oxygen atoms in total. The fraction of sp³-hybridized carbons (Fsp3) is 0.412. The average molecular weight is 329 g/mol. The number of benzene rings is 1. The Morgan fingerprint density at radius 1 is 1.33 bits per heavy atom. The zero-order valence-corrected chi connectivity index (χ0v) is 13.4. The van der Waals surface area contributed by atoms with Gasteiger partial charge in [0, 0.05) is 31.6 Å². The van der Waals surface area contributed by atoms with Crippen LogP contribution in [0.1, 0.15) is 36.5 Å². The molecule has 0 radical (unpaired) electrons. The molecule has 1 saturated heterocycles. The van der Waals surface area contributed by atoms with Crippen molar-refractivity contribution >= 4 is 17.8 Å². The Morgan fingerprint density at radius 2 is 2.04 bits per heavy atom. The molecule has 0 aliphatic carbocycles. The third kappa shape index (κ3) is 4.81. The highest BCUT2D eigenvalue weighted by molar-refractivity contribution is 5.95. The van der Waals surface area contributed by atoms with E-state index < -0.39 is 5.97 Å². The van der Waals surface area contributed by atoms with Crippen LogP contribution in [-0.2, 0) is 9.59 Å². The minimum atomic E-state index is -0.443. The second kappa shape index (κ2) is 8.11. The van der Waals surface area contributed by atoms with E-state index in [1.165, 1.54) is 13.0 Å². The zero-order chi connectivity index (χ0) is 17.5. The molecule has 0 unspecified atom stereocenters. The number of piperidine rings is 1. The van der Waals surface area contributed by atoms with Crippen molar-refractivity contribution in [1.29, 1.82) is 5.26 Å². The van der Waals surface area contributed by atoms with E-state index in [0.29, 0.717) is 37.2 Å². The number of rotatable bonds is 4. The number of carbonyl (C=O) groups is 3. The SMILES string of the molecule is CC(=O)Oc1cccc(C(=O)NC2CCN(C(=O)CC#N)CC2)c1. The molecule has 7 heteroatoms. The van der Waals surface area contributed by atoms with Gasteiger partial charge in [0.1, 0.15) is 12.2 Å². The van der Waals surface area contributed by atoms with Gasteiger partial charge >= 0.3 is 5.97 Å². The van der Waals surface area contributed by atoms with E-state index in [9.17, 15) is 14.4 Å². The molecule has 0 saturated carbocycles. The molecule has 1 aliphatic heterocycles. The summed E-state index contributed by atoms with van der Waals surface area (Å²) in [5.41, 5.74) is 0.414. The molecule has 126 valence electrons. The molecule has 1 aromatic rings. The topological polar surface area (TPSA) is 99.5 Å². The van der Waals surface area contributed by atoms with Gasteiger partial charge in [-0.15, -0.1) is 0 Å². The van der Waals surface area contributed by atoms with Gasteiger partial charge in [0.15, 0.2) is 0 Å². The van der Waals surface area contributed by atoms with Crippen LogP contribution in [0, 0.1) is 11.3 Å². The standard InChI is InChI=1S/C17H19N3O4/c1-12(21)24-15-4-2-3-13(11-15)17(23)19-14-6-9-20(10-7-14)16(22)5-8-18/h2-4,11,14H,5-7,9-10H2,1H3,(H,19,23). The third-order valence-corrected chi connectivity index (χ3v) is 3.77. The number of nitrogens with one attached hydrogen (secondary N) is 1. The van der Waals surface area contributed by atoms with Crippen LogP contribution >= 0.6 is 0 Å². The van der Waals surface area contributed by atoms with Gasteiger partial charge in [-0.2, -0.15) is 5.26 Å². The quantitative estimate of drug-likeness (QED) is 0.662. The summed E-state index contributed by atoms with van der Waals surface area (Å²) in [6.07, 6.45) is 1.18. The van der Waals surface area contributed by atoms with Crippen molar-refractivity contribution in [2.75, 3.05) is 13.1 Å². The maximum atomic E-state index is 12.3. The number of amides is 2. The lowest BCUT2D eigenvalue weighted by Crippen LogP contribution is -2.46. The second-order valence-electron chi connectivity index (χ2n) is 5.58.